The van der Waals surface area contributed by atoms with Gasteiger partial charge in [0.15, 0.2) is 5.75 Å². The second kappa shape index (κ2) is 5.68. The summed E-state index contributed by atoms with van der Waals surface area (Å²) in [6.45, 7) is 1.92. The van der Waals surface area contributed by atoms with Crippen LogP contribution in [0.2, 0.25) is 0 Å². The lowest BCUT2D eigenvalue weighted by atomic mass is 10.3. The molecule has 0 spiro atoms. The van der Waals surface area contributed by atoms with Crippen molar-refractivity contribution in [2.75, 3.05) is 6.61 Å². The maximum atomic E-state index is 5.95. The van der Waals surface area contributed by atoms with Gasteiger partial charge >= 0.3 is 6.64 Å². The maximum absolute atomic E-state index is 5.95. The minimum atomic E-state index is -2.48. The van der Waals surface area contributed by atoms with Crippen molar-refractivity contribution >= 4 is 18.4 Å². The molecule has 110 valence electrons. The molecule has 2 aliphatic carbocycles. The Morgan fingerprint density at radius 3 is 2.70 bits per heavy atom. The molecule has 3 rings (SSSR count). The van der Waals surface area contributed by atoms with Gasteiger partial charge in [-0.25, -0.2) is 15.1 Å². The van der Waals surface area contributed by atoms with Crippen molar-refractivity contribution in [2.24, 2.45) is 0 Å². The first-order chi connectivity index (χ1) is 9.59. The van der Waals surface area contributed by atoms with Crippen LogP contribution in [0.4, 0.5) is 0 Å². The summed E-state index contributed by atoms with van der Waals surface area (Å²) in [5.74, 6) is 2.11. The Morgan fingerprint density at radius 1 is 1.40 bits per heavy atom. The summed E-state index contributed by atoms with van der Waals surface area (Å²) < 4.78 is 11.6. The highest BCUT2D eigenvalue weighted by molar-refractivity contribution is 8.09. The predicted molar refractivity (Wildman–Crippen MR) is 81.4 cm³/mol. The van der Waals surface area contributed by atoms with Crippen molar-refractivity contribution in [1.29, 1.82) is 0 Å². The average molecular weight is 313 g/mol. The van der Waals surface area contributed by atoms with E-state index in [2.05, 4.69) is 15.1 Å². The first kappa shape index (κ1) is 14.4. The van der Waals surface area contributed by atoms with Gasteiger partial charge in [-0.2, -0.15) is 0 Å². The second-order valence-corrected chi connectivity index (χ2v) is 8.50. The van der Waals surface area contributed by atoms with E-state index in [0.29, 0.717) is 24.3 Å². The first-order valence-corrected chi connectivity index (χ1v) is 9.79. The van der Waals surface area contributed by atoms with Gasteiger partial charge in [-0.3, -0.25) is 0 Å². The van der Waals surface area contributed by atoms with Gasteiger partial charge in [0.2, 0.25) is 0 Å². The molecule has 1 aromatic heterocycles. The smallest absolute Gasteiger partial charge is 0.313 e. The van der Waals surface area contributed by atoms with Gasteiger partial charge in [-0.1, -0.05) is 0 Å². The van der Waals surface area contributed by atoms with Gasteiger partial charge in [0.25, 0.3) is 0 Å². The van der Waals surface area contributed by atoms with E-state index in [0.717, 1.165) is 24.4 Å². The number of rotatable bonds is 7. The molecule has 1 atom stereocenters. The Morgan fingerprint density at radius 2 is 2.15 bits per heavy atom. The Hall–Kier alpha value is -0.550. The number of hydrogen-bond donors (Lipinski definition) is 1. The molecule has 2 saturated carbocycles. The Bertz CT molecular complexity index is 546. The minimum Gasteiger partial charge on any atom is -0.429 e. The molecule has 0 aromatic carbocycles. The molecule has 7 heteroatoms. The Kier molecular flexibility index (Phi) is 4.09. The third-order valence-corrected chi connectivity index (χ3v) is 5.90. The van der Waals surface area contributed by atoms with Gasteiger partial charge in [-0.05, 0) is 51.3 Å². The average Bonchev–Trinajstić information content (AvgIpc) is 3.24. The standard InChI is InChI=1S/C13H20N3O2PS/c1-3-17-19(20,16-11-6-7-11)18-12-8-14-13(10-4-5-10)15-9(12)2/h8,10-11H,3-7H2,1-2H3,(H,16,20). The summed E-state index contributed by atoms with van der Waals surface area (Å²) in [4.78, 5) is 8.92. The number of aryl methyl sites for hydroxylation is 1. The van der Waals surface area contributed by atoms with Gasteiger partial charge in [-0.15, -0.1) is 0 Å². The zero-order valence-electron chi connectivity index (χ0n) is 11.8. The van der Waals surface area contributed by atoms with Gasteiger partial charge in [0.05, 0.1) is 18.5 Å². The lowest BCUT2D eigenvalue weighted by Gasteiger charge is -2.23. The van der Waals surface area contributed by atoms with Crippen LogP contribution in [0, 0.1) is 6.92 Å². The molecule has 1 unspecified atom stereocenters. The van der Waals surface area contributed by atoms with E-state index in [1.807, 2.05) is 13.8 Å². The van der Waals surface area contributed by atoms with Crippen LogP contribution < -0.4 is 9.61 Å². The van der Waals surface area contributed by atoms with Crippen LogP contribution in [0.5, 0.6) is 5.75 Å². The topological polar surface area (TPSA) is 56.3 Å². The second-order valence-electron chi connectivity index (χ2n) is 5.36. The molecule has 0 aliphatic heterocycles. The summed E-state index contributed by atoms with van der Waals surface area (Å²) in [7, 11) is 0. The molecule has 20 heavy (non-hydrogen) atoms. The highest BCUT2D eigenvalue weighted by Gasteiger charge is 2.32. The van der Waals surface area contributed by atoms with Crippen molar-refractivity contribution in [1.82, 2.24) is 15.1 Å². The fraction of sp³-hybridized carbons (Fsp3) is 0.692. The van der Waals surface area contributed by atoms with Gasteiger partial charge in [0, 0.05) is 12.0 Å². The molecule has 5 nitrogen and oxygen atoms in total. The number of aromatic nitrogens is 2. The number of nitrogens with one attached hydrogen (secondary N) is 1. The Balaban J connectivity index is 1.75. The normalized spacial score (nSPS) is 21.5. The van der Waals surface area contributed by atoms with E-state index in [-0.39, 0.29) is 0 Å². The summed E-state index contributed by atoms with van der Waals surface area (Å²) in [5.41, 5.74) is 0.841. The van der Waals surface area contributed by atoms with Crippen LogP contribution in [0.3, 0.4) is 0 Å². The number of hydrogen-bond acceptors (Lipinski definition) is 5. The molecule has 2 aliphatic rings. The van der Waals surface area contributed by atoms with Crippen molar-refractivity contribution in [3.63, 3.8) is 0 Å². The summed E-state index contributed by atoms with van der Waals surface area (Å²) in [6.07, 6.45) is 6.42. The lowest BCUT2D eigenvalue weighted by molar-refractivity contribution is 0.320. The first-order valence-electron chi connectivity index (χ1n) is 7.15. The third kappa shape index (κ3) is 3.55. The van der Waals surface area contributed by atoms with Crippen LogP contribution in [0.15, 0.2) is 6.20 Å². The van der Waals surface area contributed by atoms with Crippen LogP contribution in [-0.2, 0) is 16.3 Å². The van der Waals surface area contributed by atoms with E-state index < -0.39 is 6.64 Å². The van der Waals surface area contributed by atoms with Crippen LogP contribution in [0.1, 0.15) is 50.0 Å². The van der Waals surface area contributed by atoms with E-state index >= 15 is 0 Å². The predicted octanol–water partition coefficient (Wildman–Crippen LogP) is 3.05. The van der Waals surface area contributed by atoms with Gasteiger partial charge in [0.1, 0.15) is 5.82 Å². The molecule has 1 heterocycles. The fourth-order valence-electron chi connectivity index (χ4n) is 1.93. The van der Waals surface area contributed by atoms with Crippen molar-refractivity contribution in [3.05, 3.63) is 17.7 Å². The fourth-order valence-corrected chi connectivity index (χ4v) is 4.60. The molecular formula is C13H20N3O2PS. The Labute approximate surface area is 124 Å². The van der Waals surface area contributed by atoms with Crippen LogP contribution >= 0.6 is 6.64 Å². The molecule has 0 amide bonds. The van der Waals surface area contributed by atoms with Crippen molar-refractivity contribution in [2.45, 2.75) is 51.5 Å². The van der Waals surface area contributed by atoms with E-state index in [9.17, 15) is 0 Å². The minimum absolute atomic E-state index is 0.444. The highest BCUT2D eigenvalue weighted by Crippen LogP contribution is 2.48. The zero-order valence-corrected chi connectivity index (χ0v) is 13.5. The quantitative estimate of drug-likeness (QED) is 0.781. The van der Waals surface area contributed by atoms with E-state index in [1.165, 1.54) is 12.8 Å². The van der Waals surface area contributed by atoms with Crippen LogP contribution in [-0.4, -0.2) is 22.6 Å². The lowest BCUT2D eigenvalue weighted by Crippen LogP contribution is -2.19. The largest absolute Gasteiger partial charge is 0.429 e. The molecule has 1 N–H and O–H groups in total. The molecule has 2 fully saturated rings. The maximum Gasteiger partial charge on any atom is 0.313 e. The van der Waals surface area contributed by atoms with Gasteiger partial charge < -0.3 is 9.05 Å². The number of nitrogens with zero attached hydrogens (tertiary/aromatic N) is 2. The van der Waals surface area contributed by atoms with Crippen LogP contribution in [0.25, 0.3) is 0 Å². The molecule has 1 aromatic rings. The van der Waals surface area contributed by atoms with E-state index in [1.54, 1.807) is 6.20 Å². The monoisotopic (exact) mass is 313 g/mol. The molecule has 0 saturated heterocycles. The summed E-state index contributed by atoms with van der Waals surface area (Å²) in [6, 6.07) is 0.444. The third-order valence-electron chi connectivity index (χ3n) is 3.33. The molecular weight excluding hydrogens is 293 g/mol. The summed E-state index contributed by atoms with van der Waals surface area (Å²) >= 11 is 5.56. The zero-order chi connectivity index (χ0) is 14.2. The van der Waals surface area contributed by atoms with Crippen molar-refractivity contribution in [3.8, 4) is 5.75 Å². The highest BCUT2D eigenvalue weighted by atomic mass is 32.5. The SMILES string of the molecule is CCOP(=S)(NC1CC1)Oc1cnc(C2CC2)nc1C. The van der Waals surface area contributed by atoms with Crippen molar-refractivity contribution < 1.29 is 9.05 Å². The molecule has 0 radical (unpaired) electrons. The molecule has 0 bridgehead atoms. The van der Waals surface area contributed by atoms with E-state index in [4.69, 9.17) is 20.9 Å². The summed E-state index contributed by atoms with van der Waals surface area (Å²) in [5, 5.41) is 3.32.